The summed E-state index contributed by atoms with van der Waals surface area (Å²) in [6.45, 7) is 9.00. The lowest BCUT2D eigenvalue weighted by Crippen LogP contribution is -2.34. The monoisotopic (exact) mass is 696 g/mol. The van der Waals surface area contributed by atoms with E-state index < -0.39 is 58.6 Å². The molecule has 10 nitrogen and oxygen atoms in total. The first-order chi connectivity index (χ1) is 21.9. The van der Waals surface area contributed by atoms with Gasteiger partial charge in [0.25, 0.3) is 11.1 Å². The molecule has 0 aromatic carbocycles. The van der Waals surface area contributed by atoms with E-state index in [1.54, 1.807) is 53.9 Å². The number of carboxylic acid groups (broad SMARTS) is 1. The minimum absolute atomic E-state index is 0.00759. The third kappa shape index (κ3) is 12.7. The summed E-state index contributed by atoms with van der Waals surface area (Å²) >= 11 is 0. The first-order valence-corrected chi connectivity index (χ1v) is 15.2. The Balaban J connectivity index is 0.000000482. The largest absolute Gasteiger partial charge is 0.480 e. The number of aromatic nitrogens is 2. The topological polar surface area (TPSA) is 114 Å². The molecule has 16 heteroatoms. The second-order valence-electron chi connectivity index (χ2n) is 12.8. The van der Waals surface area contributed by atoms with Crippen molar-refractivity contribution in [2.75, 3.05) is 34.8 Å². The summed E-state index contributed by atoms with van der Waals surface area (Å²) < 4.78 is 86.0. The van der Waals surface area contributed by atoms with Gasteiger partial charge in [0.2, 0.25) is 0 Å². The molecule has 0 amide bonds. The molecule has 0 aliphatic heterocycles. The van der Waals surface area contributed by atoms with E-state index in [9.17, 15) is 50.6 Å². The summed E-state index contributed by atoms with van der Waals surface area (Å²) in [6, 6.07) is -1.10. The SMILES string of the molecule is CC(C)CC(C(=O)O)n1cc(CN(C)C)c(C(F)(F)F)cc1=O.CCOC(=O)C(CC(C)C)n1cc(CN(C)C)c(C(F)(F)F)cc1=O. The number of aliphatic carboxylic acids is 1. The second-order valence-corrected chi connectivity index (χ2v) is 12.8. The van der Waals surface area contributed by atoms with Crippen molar-refractivity contribution in [1.82, 2.24) is 18.9 Å². The maximum atomic E-state index is 13.2. The highest BCUT2D eigenvalue weighted by atomic mass is 19.4. The Labute approximate surface area is 275 Å². The predicted molar refractivity (Wildman–Crippen MR) is 167 cm³/mol. The Morgan fingerprint density at radius 1 is 0.750 bits per heavy atom. The minimum atomic E-state index is -4.67. The fraction of sp³-hybridized carbons (Fsp3) is 0.625. The quantitative estimate of drug-likeness (QED) is 0.210. The normalized spacial score (nSPS) is 13.5. The zero-order valence-electron chi connectivity index (χ0n) is 28.7. The summed E-state index contributed by atoms with van der Waals surface area (Å²) in [5.41, 5.74) is -4.02. The summed E-state index contributed by atoms with van der Waals surface area (Å²) in [6.07, 6.45) is -6.70. The summed E-state index contributed by atoms with van der Waals surface area (Å²) in [5, 5.41) is 9.31. The molecule has 0 aliphatic carbocycles. The smallest absolute Gasteiger partial charge is 0.416 e. The van der Waals surface area contributed by atoms with Crippen molar-refractivity contribution < 1.29 is 45.8 Å². The average Bonchev–Trinajstić information content (AvgIpc) is 2.90. The Morgan fingerprint density at radius 2 is 1.10 bits per heavy atom. The molecule has 1 N–H and O–H groups in total. The van der Waals surface area contributed by atoms with Gasteiger partial charge in [-0.3, -0.25) is 9.59 Å². The van der Waals surface area contributed by atoms with Gasteiger partial charge in [0, 0.05) is 37.6 Å². The van der Waals surface area contributed by atoms with Crippen LogP contribution in [0.4, 0.5) is 26.3 Å². The molecule has 0 bridgehead atoms. The number of hydrogen-bond donors (Lipinski definition) is 1. The van der Waals surface area contributed by atoms with Crippen molar-refractivity contribution in [3.05, 3.63) is 67.5 Å². The molecule has 272 valence electrons. The molecule has 48 heavy (non-hydrogen) atoms. The number of ether oxygens (including phenoxy) is 1. The van der Waals surface area contributed by atoms with Crippen molar-refractivity contribution in [1.29, 1.82) is 0 Å². The van der Waals surface area contributed by atoms with Crippen LogP contribution in [0.3, 0.4) is 0 Å². The van der Waals surface area contributed by atoms with Crippen LogP contribution in [-0.4, -0.2) is 70.8 Å². The van der Waals surface area contributed by atoms with Gasteiger partial charge >= 0.3 is 24.3 Å². The molecular weight excluding hydrogens is 650 g/mol. The zero-order valence-corrected chi connectivity index (χ0v) is 28.7. The molecule has 2 atom stereocenters. The van der Waals surface area contributed by atoms with Crippen molar-refractivity contribution in [2.45, 2.75) is 85.0 Å². The molecule has 2 aromatic heterocycles. The first-order valence-electron chi connectivity index (χ1n) is 15.2. The van der Waals surface area contributed by atoms with Crippen LogP contribution < -0.4 is 11.1 Å². The van der Waals surface area contributed by atoms with E-state index in [4.69, 9.17) is 4.74 Å². The number of esters is 1. The highest BCUT2D eigenvalue weighted by molar-refractivity contribution is 5.74. The predicted octanol–water partition coefficient (Wildman–Crippen LogP) is 5.68. The van der Waals surface area contributed by atoms with Crippen LogP contribution in [0.1, 0.15) is 81.8 Å². The van der Waals surface area contributed by atoms with Crippen LogP contribution in [0.25, 0.3) is 0 Å². The zero-order chi connectivity index (χ0) is 37.3. The van der Waals surface area contributed by atoms with Crippen LogP contribution in [0.15, 0.2) is 34.1 Å². The number of carbonyl (C=O) groups is 2. The first kappa shape index (κ1) is 42.4. The van der Waals surface area contributed by atoms with Crippen molar-refractivity contribution in [3.8, 4) is 0 Å². The maximum Gasteiger partial charge on any atom is 0.416 e. The molecular formula is C32H46F6N4O6. The second kappa shape index (κ2) is 17.7. The van der Waals surface area contributed by atoms with Crippen LogP contribution in [0, 0.1) is 11.8 Å². The Bertz CT molecular complexity index is 1500. The highest BCUT2D eigenvalue weighted by Crippen LogP contribution is 2.33. The minimum Gasteiger partial charge on any atom is -0.480 e. The van der Waals surface area contributed by atoms with Crippen molar-refractivity contribution in [2.24, 2.45) is 11.8 Å². The molecule has 2 aromatic rings. The summed E-state index contributed by atoms with van der Waals surface area (Å²) in [7, 11) is 6.45. The van der Waals surface area contributed by atoms with Crippen molar-refractivity contribution in [3.63, 3.8) is 0 Å². The summed E-state index contributed by atoms with van der Waals surface area (Å²) in [5.74, 6) is -1.83. The molecule has 2 unspecified atom stereocenters. The Kier molecular flexibility index (Phi) is 15.6. The van der Waals surface area contributed by atoms with E-state index in [0.29, 0.717) is 18.6 Å². The fourth-order valence-corrected chi connectivity index (χ4v) is 4.92. The third-order valence-corrected chi connectivity index (χ3v) is 6.81. The van der Waals surface area contributed by atoms with E-state index in [-0.39, 0.29) is 49.1 Å². The lowest BCUT2D eigenvalue weighted by molar-refractivity contribution is -0.148. The number of rotatable bonds is 13. The maximum absolute atomic E-state index is 13.2. The standard InChI is InChI=1S/C17H25F3N2O3.C15H21F3N2O3/c1-6-25-16(24)14(7-11(2)3)22-10-12(9-21(4)5)13(8-15(22)23)17(18,19)20;1-9(2)5-12(14(22)23)20-8-10(7-19(3)4)11(6-13(20)21)15(16,17)18/h8,10-11,14H,6-7,9H2,1-5H3;6,8-9,12H,5,7H2,1-4H3,(H,22,23). The molecule has 0 radical (unpaired) electrons. The third-order valence-electron chi connectivity index (χ3n) is 6.81. The highest BCUT2D eigenvalue weighted by Gasteiger charge is 2.37. The Morgan fingerprint density at radius 3 is 1.40 bits per heavy atom. The molecule has 0 spiro atoms. The van der Waals surface area contributed by atoms with Crippen LogP contribution in [-0.2, 0) is 39.8 Å². The van der Waals surface area contributed by atoms with Gasteiger partial charge in [-0.05, 0) is 70.9 Å². The Hall–Kier alpha value is -3.66. The molecule has 0 fully saturated rings. The number of alkyl halides is 6. The number of hydrogen-bond acceptors (Lipinski definition) is 7. The van der Waals surface area contributed by atoms with Gasteiger partial charge in [-0.15, -0.1) is 0 Å². The number of halogens is 6. The van der Waals surface area contributed by atoms with Crippen LogP contribution >= 0.6 is 0 Å². The van der Waals surface area contributed by atoms with Crippen molar-refractivity contribution >= 4 is 11.9 Å². The molecule has 2 rings (SSSR count). The molecule has 0 aliphatic rings. The van der Waals surface area contributed by atoms with Crippen LogP contribution in [0.5, 0.6) is 0 Å². The van der Waals surface area contributed by atoms with E-state index in [1.807, 2.05) is 13.8 Å². The average molecular weight is 697 g/mol. The van der Waals surface area contributed by atoms with Gasteiger partial charge in [-0.1, -0.05) is 27.7 Å². The van der Waals surface area contributed by atoms with E-state index in [1.165, 1.54) is 4.90 Å². The fourth-order valence-electron chi connectivity index (χ4n) is 4.92. The lowest BCUT2D eigenvalue weighted by atomic mass is 10.0. The van der Waals surface area contributed by atoms with Gasteiger partial charge < -0.3 is 28.8 Å². The number of nitrogens with zero attached hydrogens (tertiary/aromatic N) is 4. The molecule has 0 saturated carbocycles. The number of carbonyl (C=O) groups excluding carboxylic acids is 1. The van der Waals surface area contributed by atoms with Crippen LogP contribution in [0.2, 0.25) is 0 Å². The lowest BCUT2D eigenvalue weighted by Gasteiger charge is -2.23. The van der Waals surface area contributed by atoms with Gasteiger partial charge in [-0.25, -0.2) is 9.59 Å². The van der Waals surface area contributed by atoms with E-state index >= 15 is 0 Å². The van der Waals surface area contributed by atoms with E-state index in [2.05, 4.69) is 0 Å². The van der Waals surface area contributed by atoms with Gasteiger partial charge in [0.05, 0.1) is 17.7 Å². The van der Waals surface area contributed by atoms with Gasteiger partial charge in [0.15, 0.2) is 0 Å². The molecule has 2 heterocycles. The van der Waals surface area contributed by atoms with Gasteiger partial charge in [-0.2, -0.15) is 26.3 Å². The van der Waals surface area contributed by atoms with E-state index in [0.717, 1.165) is 21.5 Å². The summed E-state index contributed by atoms with van der Waals surface area (Å²) in [4.78, 5) is 51.1. The molecule has 0 saturated heterocycles. The van der Waals surface area contributed by atoms with Gasteiger partial charge in [0.1, 0.15) is 12.1 Å². The number of pyridine rings is 2. The number of carboxylic acids is 1.